The lowest BCUT2D eigenvalue weighted by Gasteiger charge is -2.13. The van der Waals surface area contributed by atoms with Crippen molar-refractivity contribution in [3.05, 3.63) is 47.9 Å². The third-order valence-electron chi connectivity index (χ3n) is 3.24. The summed E-state index contributed by atoms with van der Waals surface area (Å²) >= 11 is 5.11. The molecule has 126 valence electrons. The van der Waals surface area contributed by atoms with Crippen molar-refractivity contribution < 1.29 is 14.0 Å². The average Bonchev–Trinajstić information content (AvgIpc) is 3.04. The third-order valence-corrected chi connectivity index (χ3v) is 3.44. The van der Waals surface area contributed by atoms with Crippen LogP contribution < -0.4 is 16.0 Å². The minimum atomic E-state index is -0.316. The Morgan fingerprint density at radius 1 is 1.17 bits per heavy atom. The second-order valence-electron chi connectivity index (χ2n) is 5.56. The lowest BCUT2D eigenvalue weighted by atomic mass is 10.1. The van der Waals surface area contributed by atoms with E-state index >= 15 is 0 Å². The minimum Gasteiger partial charge on any atom is -0.459 e. The summed E-state index contributed by atoms with van der Waals surface area (Å²) in [7, 11) is 0. The molecule has 1 heterocycles. The zero-order valence-corrected chi connectivity index (χ0v) is 14.5. The molecule has 7 heteroatoms. The van der Waals surface area contributed by atoms with Crippen molar-refractivity contribution in [1.29, 1.82) is 0 Å². The van der Waals surface area contributed by atoms with Crippen LogP contribution in [-0.2, 0) is 4.79 Å². The molecule has 2 amide bonds. The van der Waals surface area contributed by atoms with Crippen LogP contribution >= 0.6 is 12.2 Å². The van der Waals surface area contributed by atoms with E-state index < -0.39 is 0 Å². The van der Waals surface area contributed by atoms with Crippen LogP contribution in [0.25, 0.3) is 0 Å². The normalized spacial score (nSPS) is 10.3. The number of aryl methyl sites for hydroxylation is 1. The maximum atomic E-state index is 12.0. The Morgan fingerprint density at radius 2 is 1.92 bits per heavy atom. The fourth-order valence-corrected chi connectivity index (χ4v) is 2.11. The van der Waals surface area contributed by atoms with Crippen molar-refractivity contribution in [2.75, 3.05) is 10.6 Å². The molecule has 0 unspecified atom stereocenters. The van der Waals surface area contributed by atoms with Gasteiger partial charge in [0.15, 0.2) is 10.9 Å². The molecule has 0 saturated carbocycles. The molecule has 0 spiro atoms. The quantitative estimate of drug-likeness (QED) is 0.741. The van der Waals surface area contributed by atoms with E-state index in [2.05, 4.69) is 16.0 Å². The SMILES string of the molecule is Cc1cc(NC(=S)NC(=O)C(C)C)ccc1NC(=O)c1ccco1. The number of carbonyl (C=O) groups is 2. The molecule has 6 nitrogen and oxygen atoms in total. The zero-order chi connectivity index (χ0) is 17.7. The molecule has 0 radical (unpaired) electrons. The van der Waals surface area contributed by atoms with Crippen LogP contribution in [0, 0.1) is 12.8 Å². The van der Waals surface area contributed by atoms with Gasteiger partial charge < -0.3 is 20.4 Å². The van der Waals surface area contributed by atoms with Gasteiger partial charge in [0.2, 0.25) is 5.91 Å². The van der Waals surface area contributed by atoms with Crippen LogP contribution in [-0.4, -0.2) is 16.9 Å². The predicted octanol–water partition coefficient (Wildman–Crippen LogP) is 3.31. The van der Waals surface area contributed by atoms with Gasteiger partial charge in [0.1, 0.15) is 0 Å². The first-order valence-electron chi connectivity index (χ1n) is 7.44. The summed E-state index contributed by atoms with van der Waals surface area (Å²) in [6.45, 7) is 5.44. The van der Waals surface area contributed by atoms with E-state index in [4.69, 9.17) is 16.6 Å². The number of nitrogens with one attached hydrogen (secondary N) is 3. The van der Waals surface area contributed by atoms with E-state index in [1.54, 1.807) is 38.1 Å². The van der Waals surface area contributed by atoms with Crippen molar-refractivity contribution in [3.63, 3.8) is 0 Å². The lowest BCUT2D eigenvalue weighted by molar-refractivity contribution is -0.122. The molecule has 0 aliphatic heterocycles. The maximum absolute atomic E-state index is 12.0. The Labute approximate surface area is 145 Å². The maximum Gasteiger partial charge on any atom is 0.291 e. The summed E-state index contributed by atoms with van der Waals surface area (Å²) in [6, 6.07) is 8.59. The molecular formula is C17H19N3O3S. The number of hydrogen-bond donors (Lipinski definition) is 3. The molecule has 2 rings (SSSR count). The second kappa shape index (κ2) is 7.74. The number of hydrogen-bond acceptors (Lipinski definition) is 4. The fourth-order valence-electron chi connectivity index (χ4n) is 1.89. The molecule has 24 heavy (non-hydrogen) atoms. The van der Waals surface area contributed by atoms with Crippen LogP contribution in [0.4, 0.5) is 11.4 Å². The van der Waals surface area contributed by atoms with Gasteiger partial charge in [-0.1, -0.05) is 13.8 Å². The second-order valence-corrected chi connectivity index (χ2v) is 5.97. The van der Waals surface area contributed by atoms with Gasteiger partial charge in [0.05, 0.1) is 6.26 Å². The predicted molar refractivity (Wildman–Crippen MR) is 97.0 cm³/mol. The monoisotopic (exact) mass is 345 g/mol. The van der Waals surface area contributed by atoms with E-state index in [1.165, 1.54) is 6.26 Å². The Balaban J connectivity index is 2.00. The summed E-state index contributed by atoms with van der Waals surface area (Å²) in [5.41, 5.74) is 2.23. The van der Waals surface area contributed by atoms with Gasteiger partial charge in [0.25, 0.3) is 5.91 Å². The number of amides is 2. The van der Waals surface area contributed by atoms with Crippen molar-refractivity contribution in [2.45, 2.75) is 20.8 Å². The standard InChI is InChI=1S/C17H19N3O3S/c1-10(2)15(21)20-17(24)18-12-6-7-13(11(3)9-12)19-16(22)14-5-4-8-23-14/h4-10H,1-3H3,(H,19,22)(H2,18,20,21,24). The number of rotatable bonds is 4. The average molecular weight is 345 g/mol. The Morgan fingerprint density at radius 3 is 2.50 bits per heavy atom. The number of furan rings is 1. The van der Waals surface area contributed by atoms with E-state index in [0.29, 0.717) is 5.69 Å². The van der Waals surface area contributed by atoms with Crippen molar-refractivity contribution in [1.82, 2.24) is 5.32 Å². The lowest BCUT2D eigenvalue weighted by Crippen LogP contribution is -2.36. The van der Waals surface area contributed by atoms with Gasteiger partial charge >= 0.3 is 0 Å². The topological polar surface area (TPSA) is 83.4 Å². The summed E-state index contributed by atoms with van der Waals surface area (Å²) in [5.74, 6) is -0.366. The highest BCUT2D eigenvalue weighted by atomic mass is 32.1. The highest BCUT2D eigenvalue weighted by Gasteiger charge is 2.12. The molecule has 0 atom stereocenters. The minimum absolute atomic E-state index is 0.147. The van der Waals surface area contributed by atoms with Crippen molar-refractivity contribution >= 4 is 40.5 Å². The van der Waals surface area contributed by atoms with Gasteiger partial charge in [-0.05, 0) is 55.0 Å². The molecule has 0 fully saturated rings. The summed E-state index contributed by atoms with van der Waals surface area (Å²) < 4.78 is 5.06. The van der Waals surface area contributed by atoms with Crippen molar-refractivity contribution in [3.8, 4) is 0 Å². The van der Waals surface area contributed by atoms with Gasteiger partial charge in [-0.2, -0.15) is 0 Å². The molecule has 0 saturated heterocycles. The van der Waals surface area contributed by atoms with Crippen LogP contribution in [0.1, 0.15) is 30.0 Å². The third kappa shape index (κ3) is 4.66. The molecule has 0 bridgehead atoms. The zero-order valence-electron chi connectivity index (χ0n) is 13.7. The molecule has 0 aliphatic rings. The van der Waals surface area contributed by atoms with Crippen LogP contribution in [0.3, 0.4) is 0 Å². The molecular weight excluding hydrogens is 326 g/mol. The Bertz CT molecular complexity index is 754. The van der Waals surface area contributed by atoms with Crippen molar-refractivity contribution in [2.24, 2.45) is 5.92 Å². The fraction of sp³-hybridized carbons (Fsp3) is 0.235. The van der Waals surface area contributed by atoms with Gasteiger partial charge in [-0.25, -0.2) is 0 Å². The van der Waals surface area contributed by atoms with Crippen LogP contribution in [0.2, 0.25) is 0 Å². The van der Waals surface area contributed by atoms with Gasteiger partial charge in [-0.15, -0.1) is 0 Å². The number of thiocarbonyl (C=S) groups is 1. The molecule has 2 aromatic rings. The number of benzene rings is 1. The summed E-state index contributed by atoms with van der Waals surface area (Å²) in [4.78, 5) is 23.6. The molecule has 1 aromatic carbocycles. The molecule has 3 N–H and O–H groups in total. The van der Waals surface area contributed by atoms with Gasteiger partial charge in [0, 0.05) is 17.3 Å². The van der Waals surface area contributed by atoms with E-state index in [0.717, 1.165) is 11.3 Å². The highest BCUT2D eigenvalue weighted by Crippen LogP contribution is 2.20. The first-order chi connectivity index (χ1) is 11.4. The van der Waals surface area contributed by atoms with Crippen LogP contribution in [0.5, 0.6) is 0 Å². The number of anilines is 2. The Hall–Kier alpha value is -2.67. The first kappa shape index (κ1) is 17.7. The molecule has 1 aromatic heterocycles. The molecule has 0 aliphatic carbocycles. The van der Waals surface area contributed by atoms with Gasteiger partial charge in [-0.3, -0.25) is 9.59 Å². The largest absolute Gasteiger partial charge is 0.459 e. The summed E-state index contributed by atoms with van der Waals surface area (Å²) in [5, 5.41) is 8.57. The first-order valence-corrected chi connectivity index (χ1v) is 7.85. The smallest absolute Gasteiger partial charge is 0.291 e. The van der Waals surface area contributed by atoms with E-state index in [-0.39, 0.29) is 28.6 Å². The van der Waals surface area contributed by atoms with Crippen LogP contribution in [0.15, 0.2) is 41.0 Å². The van der Waals surface area contributed by atoms with E-state index in [9.17, 15) is 9.59 Å². The van der Waals surface area contributed by atoms with E-state index in [1.807, 2.05) is 13.0 Å². The summed E-state index contributed by atoms with van der Waals surface area (Å²) in [6.07, 6.45) is 1.45. The Kier molecular flexibility index (Phi) is 5.70. The highest BCUT2D eigenvalue weighted by molar-refractivity contribution is 7.80. The number of carbonyl (C=O) groups excluding carboxylic acids is 2.